The van der Waals surface area contributed by atoms with Crippen molar-refractivity contribution in [1.82, 2.24) is 19.5 Å². The third-order valence-electron chi connectivity index (χ3n) is 3.45. The van der Waals surface area contributed by atoms with Crippen molar-refractivity contribution in [2.45, 2.75) is 24.5 Å². The first-order valence-electron chi connectivity index (χ1n) is 6.49. The quantitative estimate of drug-likeness (QED) is 0.322. The molecule has 5 atom stereocenters. The molecule has 1 aliphatic heterocycles. The molecule has 23 heavy (non-hydrogen) atoms. The van der Waals surface area contributed by atoms with E-state index in [0.717, 1.165) is 0 Å². The standard InChI is InChI=1S/C10H15N6O6P/c11-7-4-8(15-10(19)14-7)16(2-13-4)9-6(18)5(17)3(22-9)1-21-23(12)20/h2-3,5-6,9,17-18,20H,1,12H2,(H3,11,14,15,19)/t3-,5-,6-,9-,23?/m1/s1. The number of imidazole rings is 1. The molecular formula is C10H15N6O6P. The maximum atomic E-state index is 11.5. The molecule has 0 aromatic carbocycles. The summed E-state index contributed by atoms with van der Waals surface area (Å²) in [5.41, 5.74) is 10.4. The fourth-order valence-electron chi connectivity index (χ4n) is 2.39. The maximum absolute atomic E-state index is 11.5. The Kier molecular flexibility index (Phi) is 4.29. The number of nitrogens with one attached hydrogen (secondary N) is 1. The average molecular weight is 346 g/mol. The van der Waals surface area contributed by atoms with Crippen molar-refractivity contribution < 1.29 is 24.4 Å². The third-order valence-corrected chi connectivity index (χ3v) is 3.87. The number of nitrogens with two attached hydrogens (primary N) is 2. The molecule has 0 bridgehead atoms. The normalized spacial score (nSPS) is 29.2. The van der Waals surface area contributed by atoms with E-state index < -0.39 is 38.8 Å². The number of rotatable bonds is 4. The molecule has 126 valence electrons. The lowest BCUT2D eigenvalue weighted by atomic mass is 10.1. The number of hydrogen-bond acceptors (Lipinski definition) is 10. The van der Waals surface area contributed by atoms with Crippen molar-refractivity contribution in [2.24, 2.45) is 5.50 Å². The first-order chi connectivity index (χ1) is 10.9. The van der Waals surface area contributed by atoms with Gasteiger partial charge >= 0.3 is 5.69 Å². The van der Waals surface area contributed by atoms with Crippen LogP contribution >= 0.6 is 8.53 Å². The molecule has 0 aliphatic carbocycles. The Morgan fingerprint density at radius 1 is 1.48 bits per heavy atom. The maximum Gasteiger partial charge on any atom is 0.348 e. The highest BCUT2D eigenvalue weighted by Gasteiger charge is 2.44. The number of anilines is 1. The molecule has 2 aromatic heterocycles. The highest BCUT2D eigenvalue weighted by molar-refractivity contribution is 7.43. The van der Waals surface area contributed by atoms with E-state index in [4.69, 9.17) is 25.4 Å². The number of aromatic amines is 1. The molecular weight excluding hydrogens is 331 g/mol. The number of aliphatic hydroxyl groups excluding tert-OH is 2. The Morgan fingerprint density at radius 2 is 2.22 bits per heavy atom. The molecule has 12 nitrogen and oxygen atoms in total. The van der Waals surface area contributed by atoms with E-state index in [1.165, 1.54) is 10.9 Å². The van der Waals surface area contributed by atoms with Gasteiger partial charge in [-0.15, -0.1) is 0 Å². The van der Waals surface area contributed by atoms with Crippen molar-refractivity contribution in [3.8, 4) is 0 Å². The van der Waals surface area contributed by atoms with Crippen LogP contribution in [0.5, 0.6) is 0 Å². The van der Waals surface area contributed by atoms with Crippen LogP contribution in [0.2, 0.25) is 0 Å². The van der Waals surface area contributed by atoms with Crippen molar-refractivity contribution in [3.05, 3.63) is 16.8 Å². The van der Waals surface area contributed by atoms with Gasteiger partial charge in [0.2, 0.25) is 8.53 Å². The number of aliphatic hydroxyl groups is 2. The molecule has 0 spiro atoms. The molecule has 1 saturated heterocycles. The largest absolute Gasteiger partial charge is 0.387 e. The minimum absolute atomic E-state index is 0.0284. The molecule has 1 fully saturated rings. The topological polar surface area (TPSA) is 195 Å². The number of H-pyrrole nitrogens is 1. The summed E-state index contributed by atoms with van der Waals surface area (Å²) < 4.78 is 11.6. The summed E-state index contributed by atoms with van der Waals surface area (Å²) in [6.45, 7) is -0.212. The summed E-state index contributed by atoms with van der Waals surface area (Å²) in [7, 11) is -2.11. The first-order valence-corrected chi connectivity index (χ1v) is 7.77. The van der Waals surface area contributed by atoms with E-state index in [-0.39, 0.29) is 23.6 Å². The van der Waals surface area contributed by atoms with Crippen molar-refractivity contribution in [3.63, 3.8) is 0 Å². The number of nitrogens with zero attached hydrogens (tertiary/aromatic N) is 3. The van der Waals surface area contributed by atoms with Gasteiger partial charge in [0.15, 0.2) is 11.9 Å². The molecule has 1 aliphatic rings. The van der Waals surface area contributed by atoms with Crippen LogP contribution in [0.4, 0.5) is 5.82 Å². The van der Waals surface area contributed by atoms with Gasteiger partial charge in [0.05, 0.1) is 12.9 Å². The highest BCUT2D eigenvalue weighted by atomic mass is 31.2. The molecule has 3 heterocycles. The van der Waals surface area contributed by atoms with Crippen LogP contribution < -0.4 is 16.9 Å². The smallest absolute Gasteiger partial charge is 0.348 e. The lowest BCUT2D eigenvalue weighted by Crippen LogP contribution is -2.33. The minimum atomic E-state index is -2.11. The Balaban J connectivity index is 1.91. The minimum Gasteiger partial charge on any atom is -0.387 e. The van der Waals surface area contributed by atoms with E-state index in [9.17, 15) is 15.0 Å². The zero-order valence-corrected chi connectivity index (χ0v) is 12.5. The van der Waals surface area contributed by atoms with Gasteiger partial charge in [-0.3, -0.25) is 15.1 Å². The fraction of sp³-hybridized carbons (Fsp3) is 0.500. The van der Waals surface area contributed by atoms with Gasteiger partial charge in [-0.05, 0) is 0 Å². The van der Waals surface area contributed by atoms with E-state index in [1.54, 1.807) is 0 Å². The first kappa shape index (κ1) is 16.2. The van der Waals surface area contributed by atoms with Crippen LogP contribution in [0.15, 0.2) is 11.1 Å². The van der Waals surface area contributed by atoms with Crippen molar-refractivity contribution in [2.75, 3.05) is 12.3 Å². The van der Waals surface area contributed by atoms with E-state index in [2.05, 4.69) is 15.0 Å². The van der Waals surface area contributed by atoms with Crippen molar-refractivity contribution in [1.29, 1.82) is 0 Å². The summed E-state index contributed by atoms with van der Waals surface area (Å²) in [6.07, 6.45) is -3.31. The zero-order valence-electron chi connectivity index (χ0n) is 11.6. The second-order valence-corrected chi connectivity index (χ2v) is 5.79. The summed E-state index contributed by atoms with van der Waals surface area (Å²) in [6, 6.07) is 0. The fourth-order valence-corrected chi connectivity index (χ4v) is 2.69. The molecule has 1 unspecified atom stereocenters. The number of ether oxygens (including phenoxy) is 1. The summed E-state index contributed by atoms with van der Waals surface area (Å²) in [5, 5.41) is 20.2. The summed E-state index contributed by atoms with van der Waals surface area (Å²) >= 11 is 0. The van der Waals surface area contributed by atoms with Gasteiger partial charge in [-0.1, -0.05) is 0 Å². The monoisotopic (exact) mass is 346 g/mol. The van der Waals surface area contributed by atoms with E-state index >= 15 is 0 Å². The second kappa shape index (κ2) is 6.09. The lowest BCUT2D eigenvalue weighted by molar-refractivity contribution is -0.0472. The number of aromatic nitrogens is 4. The van der Waals surface area contributed by atoms with Crippen LogP contribution in [-0.4, -0.2) is 59.5 Å². The molecule has 0 amide bonds. The predicted molar refractivity (Wildman–Crippen MR) is 77.8 cm³/mol. The molecule has 0 radical (unpaired) electrons. The van der Waals surface area contributed by atoms with Gasteiger partial charge in [0.25, 0.3) is 0 Å². The Hall–Kier alpha value is -1.66. The van der Waals surface area contributed by atoms with Crippen LogP contribution in [0, 0.1) is 0 Å². The molecule has 0 saturated carbocycles. The van der Waals surface area contributed by atoms with Crippen LogP contribution in [0.25, 0.3) is 11.2 Å². The molecule has 8 N–H and O–H groups in total. The number of hydrogen-bond donors (Lipinski definition) is 6. The molecule has 2 aromatic rings. The molecule has 3 rings (SSSR count). The SMILES string of the molecule is Nc1[nH]c(=O)nc2c1ncn2[C@@H]1O[C@H](COP(N)O)[C@@H](O)[C@H]1O. The summed E-state index contributed by atoms with van der Waals surface area (Å²) in [4.78, 5) is 30.5. The van der Waals surface area contributed by atoms with Crippen molar-refractivity contribution >= 4 is 25.5 Å². The van der Waals surface area contributed by atoms with Gasteiger partial charge in [0.1, 0.15) is 29.6 Å². The van der Waals surface area contributed by atoms with Crippen LogP contribution in [-0.2, 0) is 9.26 Å². The number of fused-ring (bicyclic) bond motifs is 1. The summed E-state index contributed by atoms with van der Waals surface area (Å²) in [5.74, 6) is 0.0284. The third kappa shape index (κ3) is 2.93. The second-order valence-electron chi connectivity index (χ2n) is 4.92. The Bertz CT molecular complexity index is 764. The van der Waals surface area contributed by atoms with E-state index in [0.29, 0.717) is 0 Å². The van der Waals surface area contributed by atoms with Crippen LogP contribution in [0.1, 0.15) is 6.23 Å². The predicted octanol–water partition coefficient (Wildman–Crippen LogP) is -2.48. The average Bonchev–Trinajstić information content (AvgIpc) is 3.00. The lowest BCUT2D eigenvalue weighted by Gasteiger charge is -2.16. The van der Waals surface area contributed by atoms with E-state index in [1.807, 2.05) is 0 Å². The zero-order chi connectivity index (χ0) is 16.7. The Morgan fingerprint density at radius 3 is 2.91 bits per heavy atom. The highest BCUT2D eigenvalue weighted by Crippen LogP contribution is 2.33. The van der Waals surface area contributed by atoms with Gasteiger partial charge < -0.3 is 30.1 Å². The van der Waals surface area contributed by atoms with Gasteiger partial charge in [0, 0.05) is 0 Å². The molecule has 13 heteroatoms. The van der Waals surface area contributed by atoms with Crippen LogP contribution in [0.3, 0.4) is 0 Å². The van der Waals surface area contributed by atoms with Gasteiger partial charge in [-0.2, -0.15) is 4.98 Å². The number of nitrogen functional groups attached to an aromatic ring is 1. The Labute approximate surface area is 129 Å². The van der Waals surface area contributed by atoms with Gasteiger partial charge in [-0.25, -0.2) is 9.78 Å².